The van der Waals surface area contributed by atoms with Gasteiger partial charge in [0.25, 0.3) is 5.91 Å². The van der Waals surface area contributed by atoms with Crippen molar-refractivity contribution in [3.8, 4) is 0 Å². The summed E-state index contributed by atoms with van der Waals surface area (Å²) in [5.74, 6) is -0.629. The lowest BCUT2D eigenvalue weighted by Gasteiger charge is -2.12. The van der Waals surface area contributed by atoms with Crippen molar-refractivity contribution >= 4 is 17.5 Å². The molecule has 0 fully saturated rings. The van der Waals surface area contributed by atoms with Crippen LogP contribution < -0.4 is 10.6 Å². The van der Waals surface area contributed by atoms with Crippen molar-refractivity contribution in [1.82, 2.24) is 20.0 Å². The Balaban J connectivity index is 1.58. The molecular formula is C17H18N4O3. The van der Waals surface area contributed by atoms with E-state index in [0.29, 0.717) is 12.1 Å². The number of pyridine rings is 1. The maximum Gasteiger partial charge on any atom is 0.255 e. The van der Waals surface area contributed by atoms with Crippen molar-refractivity contribution < 1.29 is 14.0 Å². The normalized spacial score (nSPS) is 12.1. The molecule has 0 aliphatic rings. The van der Waals surface area contributed by atoms with Gasteiger partial charge in [-0.3, -0.25) is 9.59 Å². The van der Waals surface area contributed by atoms with Crippen molar-refractivity contribution in [2.45, 2.75) is 26.4 Å². The van der Waals surface area contributed by atoms with E-state index in [2.05, 4.69) is 15.6 Å². The minimum Gasteiger partial charge on any atom is -0.472 e. The van der Waals surface area contributed by atoms with Crippen LogP contribution in [0.25, 0.3) is 5.65 Å². The monoisotopic (exact) mass is 326 g/mol. The van der Waals surface area contributed by atoms with Crippen molar-refractivity contribution in [1.29, 1.82) is 0 Å². The van der Waals surface area contributed by atoms with Crippen LogP contribution in [-0.4, -0.2) is 27.2 Å². The zero-order chi connectivity index (χ0) is 17.1. The third kappa shape index (κ3) is 3.29. The lowest BCUT2D eigenvalue weighted by Crippen LogP contribution is -2.44. The summed E-state index contributed by atoms with van der Waals surface area (Å²) in [7, 11) is 0. The van der Waals surface area contributed by atoms with Gasteiger partial charge >= 0.3 is 0 Å². The van der Waals surface area contributed by atoms with E-state index in [0.717, 1.165) is 17.0 Å². The highest BCUT2D eigenvalue weighted by atomic mass is 16.3. The van der Waals surface area contributed by atoms with Crippen LogP contribution in [0.1, 0.15) is 28.7 Å². The standard InChI is InChI=1S/C17H18N4O3/c1-11-4-3-5-15-20-14(9-21(11)15)8-18-16(22)12(2)19-17(23)13-6-7-24-10-13/h3-7,9-10,12H,8H2,1-2H3,(H,18,22)(H,19,23). The van der Waals surface area contributed by atoms with Crippen LogP contribution >= 0.6 is 0 Å². The van der Waals surface area contributed by atoms with Crippen LogP contribution in [0, 0.1) is 6.92 Å². The van der Waals surface area contributed by atoms with E-state index in [1.165, 1.54) is 12.5 Å². The van der Waals surface area contributed by atoms with Gasteiger partial charge in [-0.25, -0.2) is 4.98 Å². The minimum atomic E-state index is -0.661. The van der Waals surface area contributed by atoms with Crippen LogP contribution in [0.2, 0.25) is 0 Å². The van der Waals surface area contributed by atoms with E-state index in [4.69, 9.17) is 4.42 Å². The van der Waals surface area contributed by atoms with E-state index < -0.39 is 6.04 Å². The lowest BCUT2D eigenvalue weighted by atomic mass is 10.2. The zero-order valence-corrected chi connectivity index (χ0v) is 13.4. The highest BCUT2D eigenvalue weighted by Gasteiger charge is 2.17. The average Bonchev–Trinajstić information content (AvgIpc) is 3.22. The molecule has 7 nitrogen and oxygen atoms in total. The molecule has 2 amide bonds. The molecule has 1 unspecified atom stereocenters. The van der Waals surface area contributed by atoms with Gasteiger partial charge in [0.15, 0.2) is 0 Å². The SMILES string of the molecule is Cc1cccc2nc(CNC(=O)C(C)NC(=O)c3ccoc3)cn12. The van der Waals surface area contributed by atoms with E-state index in [9.17, 15) is 9.59 Å². The molecule has 3 rings (SSSR count). The highest BCUT2D eigenvalue weighted by molar-refractivity contribution is 5.97. The van der Waals surface area contributed by atoms with Gasteiger partial charge in [-0.15, -0.1) is 0 Å². The van der Waals surface area contributed by atoms with Crippen LogP contribution in [0.3, 0.4) is 0 Å². The molecule has 0 aromatic carbocycles. The van der Waals surface area contributed by atoms with Gasteiger partial charge in [0.2, 0.25) is 5.91 Å². The summed E-state index contributed by atoms with van der Waals surface area (Å²) in [6.45, 7) is 3.91. The second kappa shape index (κ2) is 6.57. The molecule has 0 aliphatic carbocycles. The number of furan rings is 1. The summed E-state index contributed by atoms with van der Waals surface area (Å²) in [5.41, 5.74) is 3.04. The first-order valence-electron chi connectivity index (χ1n) is 7.59. The van der Waals surface area contributed by atoms with Crippen LogP contribution in [0.4, 0.5) is 0 Å². The predicted molar refractivity (Wildman–Crippen MR) is 87.4 cm³/mol. The maximum atomic E-state index is 12.1. The van der Waals surface area contributed by atoms with Gasteiger partial charge in [0.1, 0.15) is 18.0 Å². The first-order chi connectivity index (χ1) is 11.5. The summed E-state index contributed by atoms with van der Waals surface area (Å²) >= 11 is 0. The number of nitrogens with zero attached hydrogens (tertiary/aromatic N) is 2. The van der Waals surface area contributed by atoms with Crippen molar-refractivity contribution in [3.05, 3.63) is 59.9 Å². The summed E-state index contributed by atoms with van der Waals surface area (Å²) in [6.07, 6.45) is 4.63. The number of amides is 2. The number of carbonyl (C=O) groups excluding carboxylic acids is 2. The van der Waals surface area contributed by atoms with Gasteiger partial charge in [0, 0.05) is 11.9 Å². The van der Waals surface area contributed by atoms with Gasteiger partial charge in [0.05, 0.1) is 24.1 Å². The number of aryl methyl sites for hydroxylation is 1. The molecule has 0 radical (unpaired) electrons. The number of imidazole rings is 1. The number of fused-ring (bicyclic) bond motifs is 1. The van der Waals surface area contributed by atoms with E-state index in [-0.39, 0.29) is 11.8 Å². The quantitative estimate of drug-likeness (QED) is 0.746. The maximum absolute atomic E-state index is 12.1. The fourth-order valence-corrected chi connectivity index (χ4v) is 2.35. The summed E-state index contributed by atoms with van der Waals surface area (Å²) < 4.78 is 6.81. The molecule has 3 aromatic heterocycles. The fourth-order valence-electron chi connectivity index (χ4n) is 2.35. The lowest BCUT2D eigenvalue weighted by molar-refractivity contribution is -0.122. The molecule has 7 heteroatoms. The first-order valence-corrected chi connectivity index (χ1v) is 7.59. The molecule has 0 saturated carbocycles. The van der Waals surface area contributed by atoms with E-state index >= 15 is 0 Å². The number of hydrogen-bond donors (Lipinski definition) is 2. The molecule has 0 spiro atoms. The smallest absolute Gasteiger partial charge is 0.255 e. The van der Waals surface area contributed by atoms with Gasteiger partial charge in [-0.05, 0) is 32.0 Å². The average molecular weight is 326 g/mol. The van der Waals surface area contributed by atoms with Crippen molar-refractivity contribution in [2.75, 3.05) is 0 Å². The van der Waals surface area contributed by atoms with Crippen LogP contribution in [-0.2, 0) is 11.3 Å². The number of hydrogen-bond acceptors (Lipinski definition) is 4. The minimum absolute atomic E-state index is 0.277. The molecule has 24 heavy (non-hydrogen) atoms. The molecule has 3 aromatic rings. The second-order valence-electron chi connectivity index (χ2n) is 5.55. The molecule has 0 saturated heterocycles. The third-order valence-electron chi connectivity index (χ3n) is 3.71. The fraction of sp³-hybridized carbons (Fsp3) is 0.235. The topological polar surface area (TPSA) is 88.6 Å². The van der Waals surface area contributed by atoms with Gasteiger partial charge < -0.3 is 19.5 Å². The van der Waals surface area contributed by atoms with Crippen LogP contribution in [0.15, 0.2) is 47.4 Å². The number of aromatic nitrogens is 2. The molecular weight excluding hydrogens is 308 g/mol. The van der Waals surface area contributed by atoms with E-state index in [1.54, 1.807) is 13.0 Å². The van der Waals surface area contributed by atoms with Gasteiger partial charge in [-0.1, -0.05) is 6.07 Å². The zero-order valence-electron chi connectivity index (χ0n) is 13.4. The number of carbonyl (C=O) groups is 2. The van der Waals surface area contributed by atoms with Crippen LogP contribution in [0.5, 0.6) is 0 Å². The molecule has 124 valence electrons. The Hall–Kier alpha value is -3.09. The Morgan fingerprint density at radius 2 is 2.17 bits per heavy atom. The summed E-state index contributed by atoms with van der Waals surface area (Å²) in [4.78, 5) is 28.5. The third-order valence-corrected chi connectivity index (χ3v) is 3.71. The highest BCUT2D eigenvalue weighted by Crippen LogP contribution is 2.08. The Morgan fingerprint density at radius 1 is 1.33 bits per heavy atom. The molecule has 0 bridgehead atoms. The molecule has 0 aliphatic heterocycles. The predicted octanol–water partition coefficient (Wildman–Crippen LogP) is 1.67. The Labute approximate surface area is 138 Å². The number of nitrogens with one attached hydrogen (secondary N) is 2. The van der Waals surface area contributed by atoms with Crippen molar-refractivity contribution in [3.63, 3.8) is 0 Å². The Kier molecular flexibility index (Phi) is 4.33. The van der Waals surface area contributed by atoms with Crippen molar-refractivity contribution in [2.24, 2.45) is 0 Å². The summed E-state index contributed by atoms with van der Waals surface area (Å²) in [6, 6.07) is 6.72. The second-order valence-corrected chi connectivity index (χ2v) is 5.55. The Bertz CT molecular complexity index is 867. The van der Waals surface area contributed by atoms with E-state index in [1.807, 2.05) is 35.7 Å². The molecule has 3 heterocycles. The largest absolute Gasteiger partial charge is 0.472 e. The van der Waals surface area contributed by atoms with Gasteiger partial charge in [-0.2, -0.15) is 0 Å². The first kappa shape index (κ1) is 15.8. The summed E-state index contributed by atoms with van der Waals surface area (Å²) in [5, 5.41) is 5.39. The molecule has 2 N–H and O–H groups in total. The number of rotatable bonds is 5. The molecule has 1 atom stereocenters. The Morgan fingerprint density at radius 3 is 2.88 bits per heavy atom.